The minimum Gasteiger partial charge on any atom is -0.455 e. The molecule has 21 heavy (non-hydrogen) atoms. The SMILES string of the molecule is Clc1cc(Br)ccc1Oc1cccc(Cl)c1CNC1CC1. The van der Waals surface area contributed by atoms with Crippen LogP contribution in [0, 0.1) is 0 Å². The van der Waals surface area contributed by atoms with E-state index in [2.05, 4.69) is 21.2 Å². The molecule has 1 aliphatic carbocycles. The zero-order valence-corrected chi connectivity index (χ0v) is 14.3. The molecule has 2 aromatic carbocycles. The Labute approximate surface area is 142 Å². The maximum Gasteiger partial charge on any atom is 0.146 e. The van der Waals surface area contributed by atoms with Crippen molar-refractivity contribution in [2.45, 2.75) is 25.4 Å². The van der Waals surface area contributed by atoms with Gasteiger partial charge in [0, 0.05) is 27.6 Å². The van der Waals surface area contributed by atoms with Crippen LogP contribution in [0.1, 0.15) is 18.4 Å². The molecular weight excluding hydrogens is 373 g/mol. The van der Waals surface area contributed by atoms with Crippen molar-refractivity contribution in [1.82, 2.24) is 5.32 Å². The summed E-state index contributed by atoms with van der Waals surface area (Å²) in [5.41, 5.74) is 0.963. The number of halogens is 3. The molecule has 0 unspecified atom stereocenters. The molecule has 1 fully saturated rings. The minimum absolute atomic E-state index is 0.561. The summed E-state index contributed by atoms with van der Waals surface area (Å²) in [6.07, 6.45) is 2.47. The minimum atomic E-state index is 0.561. The molecule has 110 valence electrons. The van der Waals surface area contributed by atoms with E-state index in [1.54, 1.807) is 0 Å². The van der Waals surface area contributed by atoms with Crippen LogP contribution in [0.5, 0.6) is 11.5 Å². The lowest BCUT2D eigenvalue weighted by molar-refractivity contribution is 0.472. The zero-order chi connectivity index (χ0) is 14.8. The first kappa shape index (κ1) is 15.2. The molecule has 1 N–H and O–H groups in total. The molecular formula is C16H14BrCl2NO. The largest absolute Gasteiger partial charge is 0.455 e. The fourth-order valence-electron chi connectivity index (χ4n) is 2.02. The summed E-state index contributed by atoms with van der Waals surface area (Å²) < 4.78 is 6.87. The fraction of sp³-hybridized carbons (Fsp3) is 0.250. The Hall–Kier alpha value is -0.740. The summed E-state index contributed by atoms with van der Waals surface area (Å²) >= 11 is 15.9. The van der Waals surface area contributed by atoms with Gasteiger partial charge in [-0.2, -0.15) is 0 Å². The molecule has 0 spiro atoms. The van der Waals surface area contributed by atoms with Gasteiger partial charge in [0.1, 0.15) is 11.5 Å². The first-order valence-electron chi connectivity index (χ1n) is 6.77. The van der Waals surface area contributed by atoms with Crippen molar-refractivity contribution in [3.05, 3.63) is 56.5 Å². The second kappa shape index (κ2) is 6.57. The number of hydrogen-bond acceptors (Lipinski definition) is 2. The molecule has 0 aromatic heterocycles. The molecule has 0 saturated heterocycles. The first-order chi connectivity index (χ1) is 10.1. The lowest BCUT2D eigenvalue weighted by atomic mass is 10.2. The standard InChI is InChI=1S/C16H14BrCl2NO/c17-10-4-7-16(14(19)8-10)21-15-3-1-2-13(18)12(15)9-20-11-5-6-11/h1-4,7-8,11,20H,5-6,9H2. The molecule has 0 bridgehead atoms. The average molecular weight is 387 g/mol. The van der Waals surface area contributed by atoms with Gasteiger partial charge >= 0.3 is 0 Å². The van der Waals surface area contributed by atoms with Crippen molar-refractivity contribution in [3.8, 4) is 11.5 Å². The van der Waals surface area contributed by atoms with Crippen LogP contribution in [0.4, 0.5) is 0 Å². The van der Waals surface area contributed by atoms with E-state index in [0.29, 0.717) is 28.4 Å². The zero-order valence-electron chi connectivity index (χ0n) is 11.2. The van der Waals surface area contributed by atoms with Crippen LogP contribution in [-0.2, 0) is 6.54 Å². The highest BCUT2D eigenvalue weighted by atomic mass is 79.9. The first-order valence-corrected chi connectivity index (χ1v) is 8.32. The number of hydrogen-bond donors (Lipinski definition) is 1. The van der Waals surface area contributed by atoms with Gasteiger partial charge in [0.25, 0.3) is 0 Å². The Balaban J connectivity index is 1.84. The van der Waals surface area contributed by atoms with Gasteiger partial charge in [-0.15, -0.1) is 0 Å². The molecule has 2 aromatic rings. The van der Waals surface area contributed by atoms with E-state index < -0.39 is 0 Å². The van der Waals surface area contributed by atoms with Gasteiger partial charge in [-0.3, -0.25) is 0 Å². The molecule has 2 nitrogen and oxygen atoms in total. The quantitative estimate of drug-likeness (QED) is 0.700. The van der Waals surface area contributed by atoms with E-state index in [-0.39, 0.29) is 0 Å². The maximum atomic E-state index is 6.30. The van der Waals surface area contributed by atoms with Gasteiger partial charge < -0.3 is 10.1 Å². The van der Waals surface area contributed by atoms with Crippen molar-refractivity contribution >= 4 is 39.1 Å². The number of nitrogens with one attached hydrogen (secondary N) is 1. The molecule has 1 saturated carbocycles. The Morgan fingerprint density at radius 2 is 1.90 bits per heavy atom. The predicted octanol–water partition coefficient (Wildman–Crippen LogP) is 5.80. The Morgan fingerprint density at radius 3 is 2.62 bits per heavy atom. The summed E-state index contributed by atoms with van der Waals surface area (Å²) in [7, 11) is 0. The number of rotatable bonds is 5. The van der Waals surface area contributed by atoms with E-state index in [1.807, 2.05) is 36.4 Å². The van der Waals surface area contributed by atoms with Gasteiger partial charge in [0.2, 0.25) is 0 Å². The Morgan fingerprint density at radius 1 is 1.10 bits per heavy atom. The van der Waals surface area contributed by atoms with Crippen molar-refractivity contribution in [2.75, 3.05) is 0 Å². The highest BCUT2D eigenvalue weighted by Crippen LogP contribution is 2.35. The monoisotopic (exact) mass is 385 g/mol. The summed E-state index contributed by atoms with van der Waals surface area (Å²) in [6.45, 7) is 0.702. The molecule has 5 heteroatoms. The average Bonchev–Trinajstić information content (AvgIpc) is 3.25. The van der Waals surface area contributed by atoms with Gasteiger partial charge in [0.15, 0.2) is 0 Å². The topological polar surface area (TPSA) is 21.3 Å². The van der Waals surface area contributed by atoms with Gasteiger partial charge in [-0.05, 0) is 43.2 Å². The second-order valence-electron chi connectivity index (χ2n) is 5.05. The van der Waals surface area contributed by atoms with E-state index in [1.165, 1.54) is 12.8 Å². The maximum absolute atomic E-state index is 6.30. The van der Waals surface area contributed by atoms with Crippen LogP contribution in [0.3, 0.4) is 0 Å². The van der Waals surface area contributed by atoms with E-state index in [0.717, 1.165) is 15.8 Å². The highest BCUT2D eigenvalue weighted by molar-refractivity contribution is 9.10. The van der Waals surface area contributed by atoms with Gasteiger partial charge in [-0.1, -0.05) is 45.2 Å². The van der Waals surface area contributed by atoms with Crippen molar-refractivity contribution in [1.29, 1.82) is 0 Å². The summed E-state index contributed by atoms with van der Waals surface area (Å²) in [4.78, 5) is 0. The van der Waals surface area contributed by atoms with Crippen molar-refractivity contribution in [3.63, 3.8) is 0 Å². The van der Waals surface area contributed by atoms with E-state index in [9.17, 15) is 0 Å². The third-order valence-electron chi connectivity index (χ3n) is 3.33. The van der Waals surface area contributed by atoms with E-state index in [4.69, 9.17) is 27.9 Å². The second-order valence-corrected chi connectivity index (χ2v) is 6.78. The summed E-state index contributed by atoms with van der Waals surface area (Å²) in [5, 5.41) is 4.72. The van der Waals surface area contributed by atoms with E-state index >= 15 is 0 Å². The van der Waals surface area contributed by atoms with Gasteiger partial charge in [0.05, 0.1) is 5.02 Å². The Kier molecular flexibility index (Phi) is 4.75. The van der Waals surface area contributed by atoms with Crippen LogP contribution >= 0.6 is 39.1 Å². The predicted molar refractivity (Wildman–Crippen MR) is 90.5 cm³/mol. The molecule has 0 aliphatic heterocycles. The van der Waals surface area contributed by atoms with Crippen LogP contribution in [0.2, 0.25) is 10.0 Å². The molecule has 0 heterocycles. The van der Waals surface area contributed by atoms with Crippen LogP contribution < -0.4 is 10.1 Å². The smallest absolute Gasteiger partial charge is 0.146 e. The molecule has 1 aliphatic rings. The number of benzene rings is 2. The molecule has 0 radical (unpaired) electrons. The summed E-state index contributed by atoms with van der Waals surface area (Å²) in [6, 6.07) is 11.8. The third kappa shape index (κ3) is 3.92. The Bertz CT molecular complexity index is 659. The lowest BCUT2D eigenvalue weighted by Crippen LogP contribution is -2.16. The third-order valence-corrected chi connectivity index (χ3v) is 4.48. The lowest BCUT2D eigenvalue weighted by Gasteiger charge is -2.14. The van der Waals surface area contributed by atoms with Crippen LogP contribution in [0.25, 0.3) is 0 Å². The van der Waals surface area contributed by atoms with Gasteiger partial charge in [-0.25, -0.2) is 0 Å². The normalized spacial score (nSPS) is 14.2. The molecule has 0 atom stereocenters. The molecule has 3 rings (SSSR count). The van der Waals surface area contributed by atoms with Crippen molar-refractivity contribution < 1.29 is 4.74 Å². The highest BCUT2D eigenvalue weighted by Gasteiger charge is 2.21. The fourth-order valence-corrected chi connectivity index (χ4v) is 2.96. The van der Waals surface area contributed by atoms with Crippen LogP contribution in [0.15, 0.2) is 40.9 Å². The van der Waals surface area contributed by atoms with Crippen molar-refractivity contribution in [2.24, 2.45) is 0 Å². The van der Waals surface area contributed by atoms with Crippen LogP contribution in [-0.4, -0.2) is 6.04 Å². The molecule has 0 amide bonds. The summed E-state index contributed by atoms with van der Waals surface area (Å²) in [5.74, 6) is 1.36. The number of ether oxygens (including phenoxy) is 1.